The third kappa shape index (κ3) is 2.71. The van der Waals surface area contributed by atoms with Gasteiger partial charge in [-0.1, -0.05) is 0 Å². The molecule has 0 saturated heterocycles. The number of amides is 1. The Bertz CT molecular complexity index is 309. The summed E-state index contributed by atoms with van der Waals surface area (Å²) < 4.78 is 0. The predicted molar refractivity (Wildman–Crippen MR) is 47.7 cm³/mol. The number of thiol groups is 1. The van der Waals surface area contributed by atoms with Gasteiger partial charge in [-0.2, -0.15) is 0 Å². The van der Waals surface area contributed by atoms with Crippen molar-refractivity contribution < 1.29 is 35.8 Å². The summed E-state index contributed by atoms with van der Waals surface area (Å²) in [4.78, 5) is 11.3. The summed E-state index contributed by atoms with van der Waals surface area (Å²) in [6, 6.07) is 4.73. The zero-order chi connectivity index (χ0) is 8.43. The first-order valence-corrected chi connectivity index (χ1v) is 3.44. The first-order valence-electron chi connectivity index (χ1n) is 2.99. The van der Waals surface area contributed by atoms with Crippen LogP contribution in [0, 0.1) is 0 Å². The van der Waals surface area contributed by atoms with E-state index in [1.807, 2.05) is 0 Å². The van der Waals surface area contributed by atoms with Crippen LogP contribution in [0.3, 0.4) is 0 Å². The fourth-order valence-electron chi connectivity index (χ4n) is 0.708. The Morgan fingerprint density at radius 2 is 2.08 bits per heavy atom. The normalized spacial score (nSPS) is 8.75. The van der Waals surface area contributed by atoms with Gasteiger partial charge in [0.2, 0.25) is 5.91 Å². The quantitative estimate of drug-likeness (QED) is 0.268. The third-order valence-electron chi connectivity index (χ3n) is 1.31. The number of nitrogens with two attached hydrogens (primary N) is 2. The SMILES string of the molecule is NC(=O)c1ccc(S)c(N)c1.[H-].[Na+]. The zero-order valence-electron chi connectivity index (χ0n) is 7.74. The van der Waals surface area contributed by atoms with E-state index in [1.165, 1.54) is 6.07 Å². The Morgan fingerprint density at radius 1 is 1.50 bits per heavy atom. The van der Waals surface area contributed by atoms with E-state index in [0.29, 0.717) is 16.1 Å². The van der Waals surface area contributed by atoms with Crippen molar-refractivity contribution in [2.45, 2.75) is 4.90 Å². The van der Waals surface area contributed by atoms with Crippen LogP contribution < -0.4 is 41.0 Å². The Balaban J connectivity index is 0. The molecule has 0 saturated carbocycles. The molecular formula is C7H9N2NaOS. The van der Waals surface area contributed by atoms with Gasteiger partial charge < -0.3 is 12.9 Å². The minimum absolute atomic E-state index is 0. The second-order valence-electron chi connectivity index (χ2n) is 2.14. The molecule has 0 bridgehead atoms. The van der Waals surface area contributed by atoms with E-state index in [1.54, 1.807) is 12.1 Å². The smallest absolute Gasteiger partial charge is 1.00 e. The van der Waals surface area contributed by atoms with Crippen LogP contribution in [0.25, 0.3) is 0 Å². The van der Waals surface area contributed by atoms with Gasteiger partial charge in [-0.25, -0.2) is 0 Å². The fourth-order valence-corrected chi connectivity index (χ4v) is 0.847. The van der Waals surface area contributed by atoms with E-state index in [0.717, 1.165) is 0 Å². The predicted octanol–water partition coefficient (Wildman–Crippen LogP) is -2.23. The van der Waals surface area contributed by atoms with Gasteiger partial charge in [-0.15, -0.1) is 12.6 Å². The number of carbonyl (C=O) groups excluding carboxylic acids is 1. The molecule has 1 rings (SSSR count). The molecule has 0 aromatic heterocycles. The molecule has 0 radical (unpaired) electrons. The van der Waals surface area contributed by atoms with Gasteiger partial charge in [0.25, 0.3) is 0 Å². The second-order valence-corrected chi connectivity index (χ2v) is 2.62. The Labute approximate surface area is 99.7 Å². The van der Waals surface area contributed by atoms with E-state index >= 15 is 0 Å². The van der Waals surface area contributed by atoms with Crippen molar-refractivity contribution in [2.24, 2.45) is 5.73 Å². The summed E-state index contributed by atoms with van der Waals surface area (Å²) in [5.74, 6) is -0.481. The monoisotopic (exact) mass is 192 g/mol. The number of hydrogen-bond acceptors (Lipinski definition) is 3. The van der Waals surface area contributed by atoms with Crippen molar-refractivity contribution in [1.82, 2.24) is 0 Å². The van der Waals surface area contributed by atoms with E-state index in [2.05, 4.69) is 12.6 Å². The molecule has 0 heterocycles. The van der Waals surface area contributed by atoms with Crippen LogP contribution in [0.5, 0.6) is 0 Å². The maximum atomic E-state index is 10.6. The van der Waals surface area contributed by atoms with Crippen molar-refractivity contribution in [3.63, 3.8) is 0 Å². The molecule has 0 atom stereocenters. The largest absolute Gasteiger partial charge is 1.00 e. The Kier molecular flexibility index (Phi) is 4.70. The molecule has 60 valence electrons. The second kappa shape index (κ2) is 4.77. The standard InChI is InChI=1S/C7H8N2OS.Na.H/c8-5-3-4(7(9)10)1-2-6(5)11;;/h1-3,11H,8H2,(H2,9,10);;/q;+1;-1. The van der Waals surface area contributed by atoms with Gasteiger partial charge in [0.1, 0.15) is 0 Å². The zero-order valence-corrected chi connectivity index (χ0v) is 9.64. The van der Waals surface area contributed by atoms with Crippen molar-refractivity contribution in [1.29, 1.82) is 0 Å². The summed E-state index contributed by atoms with van der Waals surface area (Å²) in [5, 5.41) is 0. The molecule has 3 nitrogen and oxygen atoms in total. The van der Waals surface area contributed by atoms with Crippen molar-refractivity contribution in [2.75, 3.05) is 5.73 Å². The molecular weight excluding hydrogens is 183 g/mol. The summed E-state index contributed by atoms with van der Waals surface area (Å²) in [6.45, 7) is 0. The maximum absolute atomic E-state index is 10.6. The van der Waals surface area contributed by atoms with Crippen LogP contribution in [0.1, 0.15) is 11.8 Å². The molecule has 1 amide bonds. The van der Waals surface area contributed by atoms with Crippen LogP contribution in [0.15, 0.2) is 23.1 Å². The van der Waals surface area contributed by atoms with Gasteiger partial charge in [0.15, 0.2) is 0 Å². The summed E-state index contributed by atoms with van der Waals surface area (Å²) >= 11 is 4.04. The van der Waals surface area contributed by atoms with Gasteiger partial charge in [-0.05, 0) is 18.2 Å². The number of benzene rings is 1. The number of hydrogen-bond donors (Lipinski definition) is 3. The van der Waals surface area contributed by atoms with E-state index < -0.39 is 5.91 Å². The number of nitrogen functional groups attached to an aromatic ring is 1. The molecule has 5 heteroatoms. The molecule has 0 aliphatic carbocycles. The van der Waals surface area contributed by atoms with Crippen molar-refractivity contribution in [3.05, 3.63) is 23.8 Å². The van der Waals surface area contributed by atoms with Crippen molar-refractivity contribution >= 4 is 24.2 Å². The van der Waals surface area contributed by atoms with E-state index in [4.69, 9.17) is 11.5 Å². The molecule has 0 fully saturated rings. The van der Waals surface area contributed by atoms with Crippen LogP contribution in [-0.4, -0.2) is 5.91 Å². The van der Waals surface area contributed by atoms with Gasteiger partial charge in [0.05, 0.1) is 0 Å². The molecule has 0 spiro atoms. The molecule has 1 aromatic carbocycles. The fraction of sp³-hybridized carbons (Fsp3) is 0. The van der Waals surface area contributed by atoms with E-state index in [-0.39, 0.29) is 31.0 Å². The minimum Gasteiger partial charge on any atom is -1.00 e. The summed E-state index contributed by atoms with van der Waals surface area (Å²) in [7, 11) is 0. The number of primary amides is 1. The summed E-state index contributed by atoms with van der Waals surface area (Å²) in [6.07, 6.45) is 0. The molecule has 12 heavy (non-hydrogen) atoms. The van der Waals surface area contributed by atoms with Crippen LogP contribution in [0.2, 0.25) is 0 Å². The van der Waals surface area contributed by atoms with Gasteiger partial charge in [0, 0.05) is 16.1 Å². The Morgan fingerprint density at radius 3 is 2.50 bits per heavy atom. The average Bonchev–Trinajstić information content (AvgIpc) is 1.94. The molecule has 0 aliphatic rings. The molecule has 4 N–H and O–H groups in total. The van der Waals surface area contributed by atoms with Gasteiger partial charge >= 0.3 is 29.6 Å². The molecule has 0 aliphatic heterocycles. The maximum Gasteiger partial charge on any atom is 1.00 e. The van der Waals surface area contributed by atoms with Crippen LogP contribution >= 0.6 is 12.6 Å². The van der Waals surface area contributed by atoms with Gasteiger partial charge in [-0.3, -0.25) is 4.79 Å². The summed E-state index contributed by atoms with van der Waals surface area (Å²) in [5.41, 5.74) is 11.4. The first-order chi connectivity index (χ1) is 5.11. The first kappa shape index (κ1) is 11.8. The molecule has 0 unspecified atom stereocenters. The Hall–Kier alpha value is -0.160. The van der Waals surface area contributed by atoms with Crippen LogP contribution in [-0.2, 0) is 0 Å². The van der Waals surface area contributed by atoms with Crippen LogP contribution in [0.4, 0.5) is 5.69 Å². The minimum atomic E-state index is -0.481. The van der Waals surface area contributed by atoms with E-state index in [9.17, 15) is 4.79 Å². The number of rotatable bonds is 1. The number of anilines is 1. The topological polar surface area (TPSA) is 69.1 Å². The number of carbonyl (C=O) groups is 1. The van der Waals surface area contributed by atoms with Crippen molar-refractivity contribution in [3.8, 4) is 0 Å². The average molecular weight is 192 g/mol. The molecule has 1 aromatic rings. The third-order valence-corrected chi connectivity index (χ3v) is 1.72.